The van der Waals surface area contributed by atoms with Gasteiger partial charge in [-0.25, -0.2) is 5.06 Å². The zero-order chi connectivity index (χ0) is 19.0. The number of anilines is 2. The topological polar surface area (TPSA) is 15.7 Å². The van der Waals surface area contributed by atoms with Crippen LogP contribution in [0.3, 0.4) is 0 Å². The number of hydrogen-bond acceptors (Lipinski definition) is 3. The molecule has 3 heteroatoms. The van der Waals surface area contributed by atoms with Crippen LogP contribution in [0.1, 0.15) is 38.8 Å². The van der Waals surface area contributed by atoms with Crippen LogP contribution in [-0.4, -0.2) is 25.2 Å². The molecular formula is C24H30N2O. The van der Waals surface area contributed by atoms with Crippen LogP contribution in [0.25, 0.3) is 6.08 Å². The Morgan fingerprint density at radius 1 is 1.07 bits per heavy atom. The lowest BCUT2D eigenvalue weighted by Crippen LogP contribution is -2.36. The highest BCUT2D eigenvalue weighted by molar-refractivity contribution is 5.60. The van der Waals surface area contributed by atoms with Gasteiger partial charge in [0.15, 0.2) is 0 Å². The van der Waals surface area contributed by atoms with E-state index in [1.54, 1.807) is 0 Å². The van der Waals surface area contributed by atoms with Crippen LogP contribution in [0.5, 0.6) is 0 Å². The maximum absolute atomic E-state index is 6.38. The number of nitrogens with zero attached hydrogens (tertiary/aromatic N) is 2. The number of hydroxylamine groups is 1. The van der Waals surface area contributed by atoms with Crippen LogP contribution in [0.15, 0.2) is 54.6 Å². The molecule has 2 heterocycles. The van der Waals surface area contributed by atoms with Crippen molar-refractivity contribution in [3.8, 4) is 0 Å². The monoisotopic (exact) mass is 362 g/mol. The van der Waals surface area contributed by atoms with Gasteiger partial charge in [-0.05, 0) is 49.6 Å². The molecule has 0 bridgehead atoms. The number of fused-ring (bicyclic) bond motifs is 3. The summed E-state index contributed by atoms with van der Waals surface area (Å²) in [6, 6.07) is 17.8. The molecular weight excluding hydrogens is 332 g/mol. The number of para-hydroxylation sites is 1. The van der Waals surface area contributed by atoms with Gasteiger partial charge in [-0.2, -0.15) is 0 Å². The first-order chi connectivity index (χ1) is 13.0. The van der Waals surface area contributed by atoms with E-state index in [9.17, 15) is 0 Å². The van der Waals surface area contributed by atoms with E-state index >= 15 is 0 Å². The highest BCUT2D eigenvalue weighted by Gasteiger charge is 2.51. The smallest absolute Gasteiger partial charge is 0.111 e. The minimum Gasteiger partial charge on any atom is -0.372 e. The summed E-state index contributed by atoms with van der Waals surface area (Å²) in [5.74, 6) is 0. The van der Waals surface area contributed by atoms with E-state index in [2.05, 4.69) is 98.3 Å². The minimum atomic E-state index is 0.0662. The fourth-order valence-electron chi connectivity index (χ4n) is 4.37. The van der Waals surface area contributed by atoms with Crippen molar-refractivity contribution in [1.29, 1.82) is 0 Å². The largest absolute Gasteiger partial charge is 0.372 e. The molecule has 2 aromatic carbocycles. The summed E-state index contributed by atoms with van der Waals surface area (Å²) in [7, 11) is 0. The van der Waals surface area contributed by atoms with E-state index in [4.69, 9.17) is 4.84 Å². The molecule has 2 atom stereocenters. The fraction of sp³-hybridized carbons (Fsp3) is 0.417. The van der Waals surface area contributed by atoms with Crippen LogP contribution in [0.4, 0.5) is 11.4 Å². The second-order valence-corrected chi connectivity index (χ2v) is 8.14. The van der Waals surface area contributed by atoms with Crippen LogP contribution in [0.2, 0.25) is 0 Å². The van der Waals surface area contributed by atoms with Gasteiger partial charge in [-0.3, -0.25) is 4.84 Å². The lowest BCUT2D eigenvalue weighted by Gasteiger charge is -2.26. The Bertz CT molecular complexity index is 821. The molecule has 2 unspecified atom stereocenters. The van der Waals surface area contributed by atoms with E-state index in [0.29, 0.717) is 6.04 Å². The molecule has 3 nitrogen and oxygen atoms in total. The van der Waals surface area contributed by atoms with Crippen molar-refractivity contribution in [1.82, 2.24) is 0 Å². The van der Waals surface area contributed by atoms with Crippen molar-refractivity contribution >= 4 is 17.5 Å². The maximum atomic E-state index is 6.38. The molecule has 2 aliphatic rings. The summed E-state index contributed by atoms with van der Waals surface area (Å²) in [4.78, 5) is 8.75. The second kappa shape index (κ2) is 7.05. The molecule has 27 heavy (non-hydrogen) atoms. The Kier molecular flexibility index (Phi) is 4.73. The van der Waals surface area contributed by atoms with Gasteiger partial charge in [0, 0.05) is 24.2 Å². The molecule has 1 saturated heterocycles. The number of benzene rings is 2. The van der Waals surface area contributed by atoms with Gasteiger partial charge < -0.3 is 4.90 Å². The van der Waals surface area contributed by atoms with Crippen molar-refractivity contribution in [3.63, 3.8) is 0 Å². The normalized spacial score (nSPS) is 22.9. The van der Waals surface area contributed by atoms with Crippen LogP contribution in [0, 0.1) is 5.41 Å². The molecule has 0 aromatic heterocycles. The maximum Gasteiger partial charge on any atom is 0.111 e. The lowest BCUT2D eigenvalue weighted by atomic mass is 9.78. The Morgan fingerprint density at radius 2 is 1.78 bits per heavy atom. The van der Waals surface area contributed by atoms with Gasteiger partial charge in [0.05, 0.1) is 11.7 Å². The molecule has 2 aromatic rings. The van der Waals surface area contributed by atoms with Crippen molar-refractivity contribution in [2.45, 2.75) is 46.3 Å². The highest BCUT2D eigenvalue weighted by Crippen LogP contribution is 2.48. The first kappa shape index (κ1) is 18.1. The summed E-state index contributed by atoms with van der Waals surface area (Å²) >= 11 is 0. The zero-order valence-electron chi connectivity index (χ0n) is 16.9. The van der Waals surface area contributed by atoms with Gasteiger partial charge in [0.1, 0.15) is 6.10 Å². The molecule has 0 spiro atoms. The Morgan fingerprint density at radius 3 is 2.48 bits per heavy atom. The molecule has 0 N–H and O–H groups in total. The Balaban J connectivity index is 1.50. The van der Waals surface area contributed by atoms with Gasteiger partial charge in [0.2, 0.25) is 0 Å². The Hall–Kier alpha value is -2.26. The van der Waals surface area contributed by atoms with E-state index in [-0.39, 0.29) is 11.5 Å². The van der Waals surface area contributed by atoms with Crippen molar-refractivity contribution in [2.75, 3.05) is 23.1 Å². The van der Waals surface area contributed by atoms with E-state index < -0.39 is 0 Å². The molecule has 4 rings (SSSR count). The molecule has 0 aliphatic carbocycles. The van der Waals surface area contributed by atoms with Crippen LogP contribution >= 0.6 is 0 Å². The highest BCUT2D eigenvalue weighted by atomic mass is 16.7. The zero-order valence-corrected chi connectivity index (χ0v) is 16.9. The molecule has 1 fully saturated rings. The van der Waals surface area contributed by atoms with Crippen molar-refractivity contribution < 1.29 is 4.84 Å². The number of hydrogen-bond donors (Lipinski definition) is 0. The summed E-state index contributed by atoms with van der Waals surface area (Å²) < 4.78 is 0. The predicted molar refractivity (Wildman–Crippen MR) is 114 cm³/mol. The predicted octanol–water partition coefficient (Wildman–Crippen LogP) is 5.32. The third-order valence-corrected chi connectivity index (χ3v) is 6.23. The molecule has 0 amide bonds. The third kappa shape index (κ3) is 3.14. The SMILES string of the molecule is CCN(CC)c1ccc(C=CC2ON3c4ccccc4CC3C2(C)C)cc1. The van der Waals surface area contributed by atoms with Gasteiger partial charge in [-0.15, -0.1) is 0 Å². The number of rotatable bonds is 5. The first-order valence-corrected chi connectivity index (χ1v) is 10.1. The molecule has 0 saturated carbocycles. The average Bonchev–Trinajstić information content (AvgIpc) is 3.17. The average molecular weight is 363 g/mol. The van der Waals surface area contributed by atoms with Gasteiger partial charge >= 0.3 is 0 Å². The second-order valence-electron chi connectivity index (χ2n) is 8.14. The molecule has 2 aliphatic heterocycles. The first-order valence-electron chi connectivity index (χ1n) is 10.1. The summed E-state index contributed by atoms with van der Waals surface area (Å²) in [5, 5.41) is 2.15. The van der Waals surface area contributed by atoms with E-state index in [0.717, 1.165) is 19.5 Å². The quantitative estimate of drug-likeness (QED) is 0.716. The van der Waals surface area contributed by atoms with E-state index in [1.165, 1.54) is 22.5 Å². The lowest BCUT2D eigenvalue weighted by molar-refractivity contribution is 0.0849. The molecule has 142 valence electrons. The summed E-state index contributed by atoms with van der Waals surface area (Å²) in [6.45, 7) is 11.1. The van der Waals surface area contributed by atoms with Gasteiger partial charge in [-0.1, -0.05) is 56.3 Å². The van der Waals surface area contributed by atoms with Crippen LogP contribution < -0.4 is 9.96 Å². The van der Waals surface area contributed by atoms with Gasteiger partial charge in [0.25, 0.3) is 0 Å². The summed E-state index contributed by atoms with van der Waals surface area (Å²) in [5.41, 5.74) is 5.20. The van der Waals surface area contributed by atoms with Crippen molar-refractivity contribution in [2.24, 2.45) is 5.41 Å². The Labute approximate surface area is 163 Å². The van der Waals surface area contributed by atoms with E-state index in [1.807, 2.05) is 0 Å². The third-order valence-electron chi connectivity index (χ3n) is 6.23. The minimum absolute atomic E-state index is 0.0662. The fourth-order valence-corrected chi connectivity index (χ4v) is 4.37. The van der Waals surface area contributed by atoms with Crippen LogP contribution in [-0.2, 0) is 11.3 Å². The standard InChI is InChI=1S/C24H30N2O/c1-5-25(6-2)20-14-11-18(12-15-20)13-16-23-24(3,4)22-17-19-9-7-8-10-21(19)26(22)27-23/h7-16,22-23H,5-6,17H2,1-4H3. The summed E-state index contributed by atoms with van der Waals surface area (Å²) in [6.07, 6.45) is 5.57. The molecule has 0 radical (unpaired) electrons. The van der Waals surface area contributed by atoms with Crippen molar-refractivity contribution in [3.05, 3.63) is 65.7 Å².